The minimum Gasteiger partial charge on any atom is -0.197 e. The zero-order chi connectivity index (χ0) is 12.3. The Morgan fingerprint density at radius 3 is 2.29 bits per heavy atom. The summed E-state index contributed by atoms with van der Waals surface area (Å²) in [4.78, 5) is 0. The highest BCUT2D eigenvalue weighted by atomic mass is 35.5. The maximum atomic E-state index is 9.29. The van der Waals surface area contributed by atoms with Crippen LogP contribution in [0.2, 0.25) is 10.0 Å². The van der Waals surface area contributed by atoms with E-state index in [0.717, 1.165) is 11.1 Å². The van der Waals surface area contributed by atoms with Crippen molar-refractivity contribution in [3.63, 3.8) is 0 Å². The number of hydrogen-bond acceptors (Lipinski definition) is 1. The summed E-state index contributed by atoms with van der Waals surface area (Å²) in [6, 6.07) is 17.0. The Hall–Kier alpha value is -1.49. The van der Waals surface area contributed by atoms with Gasteiger partial charge in [0.05, 0.1) is 12.0 Å². The van der Waals surface area contributed by atoms with Crippen molar-refractivity contribution < 1.29 is 0 Å². The average Bonchev–Trinajstić information content (AvgIpc) is 2.34. The van der Waals surface area contributed by atoms with E-state index in [1.54, 1.807) is 18.2 Å². The van der Waals surface area contributed by atoms with Gasteiger partial charge < -0.3 is 0 Å². The molecule has 0 fully saturated rings. The molecular weight excluding hydrogens is 253 g/mol. The Morgan fingerprint density at radius 2 is 1.71 bits per heavy atom. The molecule has 2 aromatic rings. The summed E-state index contributed by atoms with van der Waals surface area (Å²) in [6.45, 7) is 0. The van der Waals surface area contributed by atoms with Crippen molar-refractivity contribution in [1.82, 2.24) is 0 Å². The molecule has 0 saturated heterocycles. The number of nitriles is 1. The fraction of sp³-hybridized carbons (Fsp3) is 0.0714. The van der Waals surface area contributed by atoms with Crippen LogP contribution in [0, 0.1) is 11.3 Å². The molecule has 0 aliphatic carbocycles. The summed E-state index contributed by atoms with van der Waals surface area (Å²) in [5.74, 6) is -0.360. The minimum atomic E-state index is -0.360. The van der Waals surface area contributed by atoms with Gasteiger partial charge in [-0.3, -0.25) is 0 Å². The van der Waals surface area contributed by atoms with Gasteiger partial charge in [-0.2, -0.15) is 5.26 Å². The van der Waals surface area contributed by atoms with E-state index < -0.39 is 0 Å². The van der Waals surface area contributed by atoms with E-state index in [2.05, 4.69) is 6.07 Å². The van der Waals surface area contributed by atoms with Crippen LogP contribution in [0.5, 0.6) is 0 Å². The summed E-state index contributed by atoms with van der Waals surface area (Å²) in [6.07, 6.45) is 0. The van der Waals surface area contributed by atoms with Gasteiger partial charge in [0.25, 0.3) is 0 Å². The molecule has 3 heteroatoms. The maximum absolute atomic E-state index is 9.29. The van der Waals surface area contributed by atoms with E-state index >= 15 is 0 Å². The van der Waals surface area contributed by atoms with E-state index in [9.17, 15) is 5.26 Å². The number of nitrogens with zero attached hydrogens (tertiary/aromatic N) is 1. The highest BCUT2D eigenvalue weighted by molar-refractivity contribution is 6.35. The summed E-state index contributed by atoms with van der Waals surface area (Å²) in [5, 5.41) is 10.4. The van der Waals surface area contributed by atoms with Crippen molar-refractivity contribution >= 4 is 23.2 Å². The van der Waals surface area contributed by atoms with E-state index in [-0.39, 0.29) is 5.92 Å². The van der Waals surface area contributed by atoms with Gasteiger partial charge in [-0.15, -0.1) is 0 Å². The Balaban J connectivity index is 2.47. The molecule has 2 rings (SSSR count). The largest absolute Gasteiger partial charge is 0.197 e. The Morgan fingerprint density at radius 1 is 1.00 bits per heavy atom. The molecule has 0 radical (unpaired) electrons. The summed E-state index contributed by atoms with van der Waals surface area (Å²) >= 11 is 12.0. The predicted octanol–water partition coefficient (Wildman–Crippen LogP) is 4.65. The van der Waals surface area contributed by atoms with Gasteiger partial charge in [0.1, 0.15) is 0 Å². The lowest BCUT2D eigenvalue weighted by atomic mass is 9.93. The van der Waals surface area contributed by atoms with Crippen molar-refractivity contribution in [1.29, 1.82) is 5.26 Å². The minimum absolute atomic E-state index is 0.360. The quantitative estimate of drug-likeness (QED) is 0.772. The molecule has 1 atom stereocenters. The number of rotatable bonds is 2. The lowest BCUT2D eigenvalue weighted by Gasteiger charge is -2.11. The third-order valence-corrected chi connectivity index (χ3v) is 3.10. The van der Waals surface area contributed by atoms with Gasteiger partial charge in [-0.1, -0.05) is 59.6 Å². The summed E-state index contributed by atoms with van der Waals surface area (Å²) in [5.41, 5.74) is 1.71. The molecule has 0 bridgehead atoms. The summed E-state index contributed by atoms with van der Waals surface area (Å²) in [7, 11) is 0. The van der Waals surface area contributed by atoms with Crippen molar-refractivity contribution in [3.05, 3.63) is 69.7 Å². The number of hydrogen-bond donors (Lipinski definition) is 0. The maximum Gasteiger partial charge on any atom is 0.0977 e. The first-order valence-electron chi connectivity index (χ1n) is 5.12. The third kappa shape index (κ3) is 2.61. The molecule has 0 unspecified atom stereocenters. The predicted molar refractivity (Wildman–Crippen MR) is 70.4 cm³/mol. The highest BCUT2D eigenvalue weighted by Crippen LogP contribution is 2.31. The van der Waals surface area contributed by atoms with Crippen molar-refractivity contribution in [2.24, 2.45) is 0 Å². The molecule has 0 amide bonds. The second-order valence-electron chi connectivity index (χ2n) is 3.64. The lowest BCUT2D eigenvalue weighted by Crippen LogP contribution is -1.98. The van der Waals surface area contributed by atoms with Crippen LogP contribution in [0.3, 0.4) is 0 Å². The lowest BCUT2D eigenvalue weighted by molar-refractivity contribution is 1.04. The normalized spacial score (nSPS) is 11.8. The van der Waals surface area contributed by atoms with Gasteiger partial charge in [0, 0.05) is 10.0 Å². The SMILES string of the molecule is N#C[C@H](c1ccccc1)c1ccc(Cl)cc1Cl. The van der Waals surface area contributed by atoms with Crippen molar-refractivity contribution in [2.75, 3.05) is 0 Å². The zero-order valence-electron chi connectivity index (χ0n) is 8.90. The fourth-order valence-electron chi connectivity index (χ4n) is 1.70. The molecule has 84 valence electrons. The highest BCUT2D eigenvalue weighted by Gasteiger charge is 2.16. The molecule has 0 aliphatic heterocycles. The molecular formula is C14H9Cl2N. The van der Waals surface area contributed by atoms with Crippen molar-refractivity contribution in [2.45, 2.75) is 5.92 Å². The Labute approximate surface area is 110 Å². The summed E-state index contributed by atoms with van der Waals surface area (Å²) < 4.78 is 0. The van der Waals surface area contributed by atoms with Gasteiger partial charge in [-0.25, -0.2) is 0 Å². The molecule has 17 heavy (non-hydrogen) atoms. The van der Waals surface area contributed by atoms with E-state index in [1.165, 1.54) is 0 Å². The monoisotopic (exact) mass is 261 g/mol. The second kappa shape index (κ2) is 5.23. The van der Waals surface area contributed by atoms with Crippen LogP contribution in [0.4, 0.5) is 0 Å². The third-order valence-electron chi connectivity index (χ3n) is 2.54. The van der Waals surface area contributed by atoms with Crippen LogP contribution in [0.25, 0.3) is 0 Å². The Bertz CT molecular complexity index is 558. The molecule has 0 aromatic heterocycles. The van der Waals surface area contributed by atoms with Crippen LogP contribution >= 0.6 is 23.2 Å². The molecule has 0 spiro atoms. The molecule has 0 heterocycles. The molecule has 0 N–H and O–H groups in total. The van der Waals surface area contributed by atoms with Crippen LogP contribution in [0.1, 0.15) is 17.0 Å². The zero-order valence-corrected chi connectivity index (χ0v) is 10.4. The van der Waals surface area contributed by atoms with Crippen molar-refractivity contribution in [3.8, 4) is 6.07 Å². The van der Waals surface area contributed by atoms with E-state index in [1.807, 2.05) is 30.3 Å². The average molecular weight is 262 g/mol. The van der Waals surface area contributed by atoms with E-state index in [0.29, 0.717) is 10.0 Å². The van der Waals surface area contributed by atoms with Gasteiger partial charge in [-0.05, 0) is 23.3 Å². The first-order chi connectivity index (χ1) is 8.22. The molecule has 0 saturated carbocycles. The number of benzene rings is 2. The topological polar surface area (TPSA) is 23.8 Å². The molecule has 2 aromatic carbocycles. The fourth-order valence-corrected chi connectivity index (χ4v) is 2.22. The van der Waals surface area contributed by atoms with Gasteiger partial charge in [0.15, 0.2) is 0 Å². The van der Waals surface area contributed by atoms with E-state index in [4.69, 9.17) is 23.2 Å². The first-order valence-corrected chi connectivity index (χ1v) is 5.87. The molecule has 0 aliphatic rings. The van der Waals surface area contributed by atoms with Gasteiger partial charge in [0.2, 0.25) is 0 Å². The van der Waals surface area contributed by atoms with Gasteiger partial charge >= 0.3 is 0 Å². The first kappa shape index (κ1) is 12.0. The number of halogens is 2. The second-order valence-corrected chi connectivity index (χ2v) is 4.48. The Kier molecular flexibility index (Phi) is 3.68. The standard InChI is InChI=1S/C14H9Cl2N/c15-11-6-7-12(14(16)8-11)13(9-17)10-4-2-1-3-5-10/h1-8,13H/t13-/m1/s1. The van der Waals surface area contributed by atoms with Crippen LogP contribution < -0.4 is 0 Å². The van der Waals surface area contributed by atoms with Crippen LogP contribution in [-0.2, 0) is 0 Å². The van der Waals surface area contributed by atoms with Crippen LogP contribution in [-0.4, -0.2) is 0 Å². The van der Waals surface area contributed by atoms with Crippen LogP contribution in [0.15, 0.2) is 48.5 Å². The smallest absolute Gasteiger partial charge is 0.0977 e. The molecule has 1 nitrogen and oxygen atoms in total.